The maximum Gasteiger partial charge on any atom is 0.253 e. The zero-order valence-electron chi connectivity index (χ0n) is 13.6. The molecule has 0 aliphatic rings. The van der Waals surface area contributed by atoms with Gasteiger partial charge in [0.15, 0.2) is 0 Å². The van der Waals surface area contributed by atoms with Gasteiger partial charge in [-0.2, -0.15) is 0 Å². The Hall–Kier alpha value is -2.44. The van der Waals surface area contributed by atoms with Crippen LogP contribution in [0.25, 0.3) is 0 Å². The highest BCUT2D eigenvalue weighted by molar-refractivity contribution is 6.30. The first-order chi connectivity index (χ1) is 12.0. The molecule has 0 fully saturated rings. The molecule has 0 aliphatic heterocycles. The second-order valence-corrected chi connectivity index (χ2v) is 5.69. The Morgan fingerprint density at radius 3 is 2.68 bits per heavy atom. The average molecular weight is 365 g/mol. The molecule has 0 atom stereocenters. The Labute approximate surface area is 150 Å². The fourth-order valence-electron chi connectivity index (χ4n) is 2.18. The summed E-state index contributed by atoms with van der Waals surface area (Å²) >= 11 is 5.70. The Kier molecular flexibility index (Phi) is 6.91. The van der Waals surface area contributed by atoms with Crippen LogP contribution in [0.2, 0.25) is 5.02 Å². The number of methoxy groups -OCH3 is 1. The lowest BCUT2D eigenvalue weighted by Crippen LogP contribution is -2.28. The summed E-state index contributed by atoms with van der Waals surface area (Å²) in [6, 6.07) is 10.7. The van der Waals surface area contributed by atoms with Gasteiger partial charge >= 0.3 is 0 Å². The van der Waals surface area contributed by atoms with Crippen molar-refractivity contribution in [1.29, 1.82) is 0 Å². The van der Waals surface area contributed by atoms with Gasteiger partial charge < -0.3 is 15.4 Å². The number of anilines is 1. The van der Waals surface area contributed by atoms with Gasteiger partial charge in [-0.15, -0.1) is 0 Å². The van der Waals surface area contributed by atoms with Gasteiger partial charge in [-0.05, 0) is 29.8 Å². The molecule has 132 valence electrons. The van der Waals surface area contributed by atoms with Crippen molar-refractivity contribution in [3.8, 4) is 0 Å². The van der Waals surface area contributed by atoms with Gasteiger partial charge in [0, 0.05) is 18.7 Å². The van der Waals surface area contributed by atoms with Gasteiger partial charge in [0.1, 0.15) is 5.82 Å². The minimum absolute atomic E-state index is 0.164. The number of hydrogen-bond acceptors (Lipinski definition) is 3. The van der Waals surface area contributed by atoms with Crippen LogP contribution in [-0.4, -0.2) is 32.1 Å². The predicted octanol–water partition coefficient (Wildman–Crippen LogP) is 3.04. The van der Waals surface area contributed by atoms with Crippen LogP contribution in [0.3, 0.4) is 0 Å². The number of hydrogen-bond donors (Lipinski definition) is 2. The van der Waals surface area contributed by atoms with Gasteiger partial charge in [-0.3, -0.25) is 9.59 Å². The molecule has 0 heterocycles. The average Bonchev–Trinajstić information content (AvgIpc) is 2.58. The van der Waals surface area contributed by atoms with E-state index in [4.69, 9.17) is 16.3 Å². The third kappa shape index (κ3) is 5.55. The Morgan fingerprint density at radius 2 is 1.96 bits per heavy atom. The molecule has 0 radical (unpaired) electrons. The van der Waals surface area contributed by atoms with E-state index in [1.807, 2.05) is 0 Å². The summed E-state index contributed by atoms with van der Waals surface area (Å²) in [5.74, 6) is -1.31. The van der Waals surface area contributed by atoms with Crippen LogP contribution in [-0.2, 0) is 16.0 Å². The van der Waals surface area contributed by atoms with Crippen molar-refractivity contribution in [3.05, 3.63) is 64.4 Å². The maximum atomic E-state index is 13.8. The molecule has 0 bridgehead atoms. The first-order valence-electron chi connectivity index (χ1n) is 7.61. The molecule has 0 spiro atoms. The molecule has 5 nitrogen and oxygen atoms in total. The SMILES string of the molecule is COCCNC(=O)c1ccccc1NC(=O)Cc1ccc(Cl)cc1F. The zero-order chi connectivity index (χ0) is 18.2. The van der Waals surface area contributed by atoms with E-state index >= 15 is 0 Å². The molecular formula is C18H18ClFN2O3. The first-order valence-corrected chi connectivity index (χ1v) is 7.99. The molecule has 25 heavy (non-hydrogen) atoms. The van der Waals surface area contributed by atoms with Gasteiger partial charge in [0.2, 0.25) is 5.91 Å². The molecular weight excluding hydrogens is 347 g/mol. The number of carbonyl (C=O) groups is 2. The number of ether oxygens (including phenoxy) is 1. The van der Waals surface area contributed by atoms with Crippen molar-refractivity contribution < 1.29 is 18.7 Å². The standard InChI is InChI=1S/C18H18ClFN2O3/c1-25-9-8-21-18(24)14-4-2-3-5-16(14)22-17(23)10-12-6-7-13(19)11-15(12)20/h2-7,11H,8-10H2,1H3,(H,21,24)(H,22,23). The Bertz CT molecular complexity index is 768. The maximum absolute atomic E-state index is 13.8. The van der Waals surface area contributed by atoms with E-state index in [-0.39, 0.29) is 22.9 Å². The largest absolute Gasteiger partial charge is 0.383 e. The van der Waals surface area contributed by atoms with Crippen molar-refractivity contribution >= 4 is 29.1 Å². The monoisotopic (exact) mass is 364 g/mol. The topological polar surface area (TPSA) is 67.4 Å². The molecule has 0 unspecified atom stereocenters. The molecule has 2 rings (SSSR count). The molecule has 2 N–H and O–H groups in total. The lowest BCUT2D eigenvalue weighted by atomic mass is 10.1. The molecule has 0 saturated heterocycles. The minimum Gasteiger partial charge on any atom is -0.383 e. The summed E-state index contributed by atoms with van der Waals surface area (Å²) < 4.78 is 18.7. The lowest BCUT2D eigenvalue weighted by molar-refractivity contribution is -0.115. The summed E-state index contributed by atoms with van der Waals surface area (Å²) in [7, 11) is 1.54. The van der Waals surface area contributed by atoms with E-state index in [0.29, 0.717) is 24.4 Å². The van der Waals surface area contributed by atoms with Gasteiger partial charge in [-0.1, -0.05) is 29.8 Å². The Morgan fingerprint density at radius 1 is 1.20 bits per heavy atom. The van der Waals surface area contributed by atoms with E-state index in [1.54, 1.807) is 24.3 Å². The van der Waals surface area contributed by atoms with Crippen LogP contribution in [0, 0.1) is 5.82 Å². The number of amides is 2. The quantitative estimate of drug-likeness (QED) is 0.742. The number of halogens is 2. The lowest BCUT2D eigenvalue weighted by Gasteiger charge is -2.11. The second kappa shape index (κ2) is 9.15. The molecule has 2 aromatic rings. The molecule has 7 heteroatoms. The number of carbonyl (C=O) groups excluding carboxylic acids is 2. The van der Waals surface area contributed by atoms with Crippen LogP contribution in [0.4, 0.5) is 10.1 Å². The highest BCUT2D eigenvalue weighted by Gasteiger charge is 2.14. The summed E-state index contributed by atoms with van der Waals surface area (Å²) in [6.07, 6.45) is -0.164. The van der Waals surface area contributed by atoms with E-state index in [1.165, 1.54) is 19.2 Å². The zero-order valence-corrected chi connectivity index (χ0v) is 14.4. The number of nitrogens with one attached hydrogen (secondary N) is 2. The van der Waals surface area contributed by atoms with Gasteiger partial charge in [0.05, 0.1) is 24.3 Å². The number of benzene rings is 2. The summed E-state index contributed by atoms with van der Waals surface area (Å²) in [4.78, 5) is 24.4. The smallest absolute Gasteiger partial charge is 0.253 e. The highest BCUT2D eigenvalue weighted by atomic mass is 35.5. The molecule has 0 saturated carbocycles. The fourth-order valence-corrected chi connectivity index (χ4v) is 2.34. The summed E-state index contributed by atoms with van der Waals surface area (Å²) in [5, 5.41) is 5.59. The minimum atomic E-state index is -0.548. The normalized spacial score (nSPS) is 10.4. The highest BCUT2D eigenvalue weighted by Crippen LogP contribution is 2.18. The van der Waals surface area contributed by atoms with Gasteiger partial charge in [-0.25, -0.2) is 4.39 Å². The van der Waals surface area contributed by atoms with E-state index < -0.39 is 11.7 Å². The van der Waals surface area contributed by atoms with Crippen molar-refractivity contribution in [3.63, 3.8) is 0 Å². The van der Waals surface area contributed by atoms with Crippen LogP contribution in [0.15, 0.2) is 42.5 Å². The van der Waals surface area contributed by atoms with Crippen molar-refractivity contribution in [2.75, 3.05) is 25.6 Å². The van der Waals surface area contributed by atoms with Crippen molar-refractivity contribution in [2.45, 2.75) is 6.42 Å². The fraction of sp³-hybridized carbons (Fsp3) is 0.222. The molecule has 0 aromatic heterocycles. The van der Waals surface area contributed by atoms with E-state index in [2.05, 4.69) is 10.6 Å². The molecule has 2 amide bonds. The molecule has 2 aromatic carbocycles. The van der Waals surface area contributed by atoms with E-state index in [0.717, 1.165) is 6.07 Å². The molecule has 0 aliphatic carbocycles. The second-order valence-electron chi connectivity index (χ2n) is 5.25. The van der Waals surface area contributed by atoms with Crippen LogP contribution in [0.1, 0.15) is 15.9 Å². The van der Waals surface area contributed by atoms with Crippen LogP contribution < -0.4 is 10.6 Å². The van der Waals surface area contributed by atoms with Crippen LogP contribution >= 0.6 is 11.6 Å². The third-order valence-corrected chi connectivity index (χ3v) is 3.64. The Balaban J connectivity index is 2.06. The van der Waals surface area contributed by atoms with E-state index in [9.17, 15) is 14.0 Å². The predicted molar refractivity (Wildman–Crippen MR) is 94.4 cm³/mol. The number of rotatable bonds is 7. The summed E-state index contributed by atoms with van der Waals surface area (Å²) in [5.41, 5.74) is 0.907. The van der Waals surface area contributed by atoms with Crippen molar-refractivity contribution in [2.24, 2.45) is 0 Å². The van der Waals surface area contributed by atoms with Crippen molar-refractivity contribution in [1.82, 2.24) is 5.32 Å². The van der Waals surface area contributed by atoms with Gasteiger partial charge in [0.25, 0.3) is 5.91 Å². The number of para-hydroxylation sites is 1. The third-order valence-electron chi connectivity index (χ3n) is 3.40. The summed E-state index contributed by atoms with van der Waals surface area (Å²) in [6.45, 7) is 0.740. The first kappa shape index (κ1) is 18.9. The van der Waals surface area contributed by atoms with Crippen LogP contribution in [0.5, 0.6) is 0 Å².